The summed E-state index contributed by atoms with van der Waals surface area (Å²) in [4.78, 5) is 24.7. The van der Waals surface area contributed by atoms with Gasteiger partial charge in [-0.25, -0.2) is 4.79 Å². The molecule has 0 radical (unpaired) electrons. The molecule has 1 amide bonds. The van der Waals surface area contributed by atoms with Gasteiger partial charge in [0, 0.05) is 5.92 Å². The van der Waals surface area contributed by atoms with E-state index in [1.807, 2.05) is 42.5 Å². The number of rotatable bonds is 8. The van der Waals surface area contributed by atoms with Crippen LogP contribution in [0.15, 0.2) is 78.9 Å². The molecule has 0 saturated heterocycles. The molecule has 5 heteroatoms. The molecule has 0 aromatic heterocycles. The van der Waals surface area contributed by atoms with Crippen molar-refractivity contribution >= 4 is 11.9 Å². The van der Waals surface area contributed by atoms with Gasteiger partial charge in [0.1, 0.15) is 0 Å². The highest BCUT2D eigenvalue weighted by molar-refractivity contribution is 5.89. The molecule has 1 atom stereocenters. The third-order valence-corrected chi connectivity index (χ3v) is 6.88. The van der Waals surface area contributed by atoms with Gasteiger partial charge in [-0.15, -0.1) is 0 Å². The first-order chi connectivity index (χ1) is 16.5. The van der Waals surface area contributed by atoms with Gasteiger partial charge in [-0.1, -0.05) is 60.7 Å². The number of hydrogen-bond acceptors (Lipinski definition) is 3. The molecule has 0 heterocycles. The van der Waals surface area contributed by atoms with Gasteiger partial charge in [-0.2, -0.15) is 0 Å². The number of carbonyl (C=O) groups excluding carboxylic acids is 1. The van der Waals surface area contributed by atoms with Crippen LogP contribution in [0.4, 0.5) is 0 Å². The Morgan fingerprint density at radius 1 is 0.882 bits per heavy atom. The van der Waals surface area contributed by atoms with Crippen molar-refractivity contribution in [2.75, 3.05) is 6.54 Å². The molecule has 0 aliphatic heterocycles. The Morgan fingerprint density at radius 3 is 2.24 bits per heavy atom. The van der Waals surface area contributed by atoms with E-state index in [0.29, 0.717) is 18.9 Å². The van der Waals surface area contributed by atoms with Gasteiger partial charge in [0.15, 0.2) is 0 Å². The normalized spacial score (nSPS) is 18.7. The summed E-state index contributed by atoms with van der Waals surface area (Å²) in [7, 11) is 0. The number of nitrogens with two attached hydrogens (primary N) is 1. The number of nitrogens with one attached hydrogen (secondary N) is 1. The van der Waals surface area contributed by atoms with Gasteiger partial charge in [0.2, 0.25) is 5.91 Å². The lowest BCUT2D eigenvalue weighted by Gasteiger charge is -2.29. The number of benzene rings is 3. The summed E-state index contributed by atoms with van der Waals surface area (Å²) in [5.41, 5.74) is 10.0. The van der Waals surface area contributed by atoms with Crippen LogP contribution < -0.4 is 11.1 Å². The summed E-state index contributed by atoms with van der Waals surface area (Å²) >= 11 is 0. The second kappa shape index (κ2) is 11.1. The first-order valence-corrected chi connectivity index (χ1v) is 12.0. The quantitative estimate of drug-likeness (QED) is 0.433. The highest BCUT2D eigenvalue weighted by Crippen LogP contribution is 2.30. The monoisotopic (exact) mass is 456 g/mol. The average molecular weight is 457 g/mol. The molecular weight excluding hydrogens is 424 g/mol. The number of carboxylic acids is 1. The molecule has 4 rings (SSSR count). The summed E-state index contributed by atoms with van der Waals surface area (Å²) < 4.78 is 0. The predicted molar refractivity (Wildman–Crippen MR) is 134 cm³/mol. The molecule has 1 saturated carbocycles. The molecule has 34 heavy (non-hydrogen) atoms. The van der Waals surface area contributed by atoms with Crippen molar-refractivity contribution < 1.29 is 14.7 Å². The Morgan fingerprint density at radius 2 is 1.56 bits per heavy atom. The Hall–Kier alpha value is -3.44. The lowest BCUT2D eigenvalue weighted by molar-refractivity contribution is -0.127. The number of hydrogen-bond donors (Lipinski definition) is 3. The van der Waals surface area contributed by atoms with Crippen LogP contribution in [0.3, 0.4) is 0 Å². The van der Waals surface area contributed by atoms with Crippen molar-refractivity contribution in [3.63, 3.8) is 0 Å². The maximum absolute atomic E-state index is 13.2. The first-order valence-electron chi connectivity index (χ1n) is 12.0. The van der Waals surface area contributed by atoms with Crippen LogP contribution >= 0.6 is 0 Å². The molecule has 1 aliphatic rings. The van der Waals surface area contributed by atoms with E-state index in [9.17, 15) is 14.7 Å². The standard InChI is InChI=1S/C29H32N2O3/c30-19-21-12-14-22(15-13-21)28(32)31-27(16-20-6-2-1-3-7-20)25-10-4-8-23(17-25)24-9-5-11-26(18-24)29(33)34/h1-11,17-18,21-22,27H,12-16,19,30H2,(H,31,32)(H,33,34). The Kier molecular flexibility index (Phi) is 7.76. The Bertz CT molecular complexity index is 1120. The zero-order chi connectivity index (χ0) is 23.9. The minimum atomic E-state index is -0.948. The Balaban J connectivity index is 1.59. The van der Waals surface area contributed by atoms with Crippen molar-refractivity contribution in [2.45, 2.75) is 38.1 Å². The zero-order valence-electron chi connectivity index (χ0n) is 19.3. The number of amides is 1. The fourth-order valence-electron chi connectivity index (χ4n) is 4.82. The summed E-state index contributed by atoms with van der Waals surface area (Å²) in [6.07, 6.45) is 4.46. The number of aromatic carboxylic acids is 1. The van der Waals surface area contributed by atoms with Crippen LogP contribution in [-0.2, 0) is 11.2 Å². The number of carbonyl (C=O) groups is 2. The fraction of sp³-hybridized carbons (Fsp3) is 0.310. The molecule has 0 bridgehead atoms. The van der Waals surface area contributed by atoms with E-state index >= 15 is 0 Å². The van der Waals surface area contributed by atoms with Crippen molar-refractivity contribution in [1.29, 1.82) is 0 Å². The van der Waals surface area contributed by atoms with E-state index in [4.69, 9.17) is 5.73 Å². The van der Waals surface area contributed by atoms with Gasteiger partial charge in [-0.05, 0) is 85.0 Å². The van der Waals surface area contributed by atoms with Crippen LogP contribution in [0.2, 0.25) is 0 Å². The van der Waals surface area contributed by atoms with Crippen molar-refractivity contribution in [2.24, 2.45) is 17.6 Å². The maximum Gasteiger partial charge on any atom is 0.335 e. The maximum atomic E-state index is 13.2. The molecular formula is C29H32N2O3. The van der Waals surface area contributed by atoms with Crippen LogP contribution in [0, 0.1) is 11.8 Å². The first kappa shape index (κ1) is 23.7. The van der Waals surface area contributed by atoms with Gasteiger partial charge in [0.25, 0.3) is 0 Å². The molecule has 1 aliphatic carbocycles. The molecule has 5 nitrogen and oxygen atoms in total. The van der Waals surface area contributed by atoms with E-state index in [1.54, 1.807) is 18.2 Å². The summed E-state index contributed by atoms with van der Waals surface area (Å²) in [6, 6.07) is 24.9. The lowest BCUT2D eigenvalue weighted by atomic mass is 9.81. The van der Waals surface area contributed by atoms with E-state index < -0.39 is 5.97 Å². The largest absolute Gasteiger partial charge is 0.478 e. The molecule has 4 N–H and O–H groups in total. The van der Waals surface area contributed by atoms with E-state index in [0.717, 1.165) is 47.9 Å². The zero-order valence-corrected chi connectivity index (χ0v) is 19.3. The van der Waals surface area contributed by atoms with Gasteiger partial charge < -0.3 is 16.2 Å². The molecule has 176 valence electrons. The van der Waals surface area contributed by atoms with Crippen molar-refractivity contribution in [3.8, 4) is 11.1 Å². The molecule has 3 aromatic rings. The van der Waals surface area contributed by atoms with Crippen LogP contribution in [0.25, 0.3) is 11.1 Å². The molecule has 3 aromatic carbocycles. The van der Waals surface area contributed by atoms with E-state index in [-0.39, 0.29) is 23.4 Å². The molecule has 1 unspecified atom stereocenters. The van der Waals surface area contributed by atoms with Crippen LogP contribution in [0.5, 0.6) is 0 Å². The van der Waals surface area contributed by atoms with Crippen molar-refractivity contribution in [1.82, 2.24) is 5.32 Å². The molecule has 1 fully saturated rings. The summed E-state index contributed by atoms with van der Waals surface area (Å²) in [5, 5.41) is 12.7. The third kappa shape index (κ3) is 5.91. The average Bonchev–Trinajstić information content (AvgIpc) is 2.89. The van der Waals surface area contributed by atoms with E-state index in [1.165, 1.54) is 0 Å². The second-order valence-electron chi connectivity index (χ2n) is 9.22. The third-order valence-electron chi connectivity index (χ3n) is 6.88. The topological polar surface area (TPSA) is 92.4 Å². The molecule has 0 spiro atoms. The van der Waals surface area contributed by atoms with Gasteiger partial charge >= 0.3 is 5.97 Å². The highest BCUT2D eigenvalue weighted by atomic mass is 16.4. The van der Waals surface area contributed by atoms with Crippen molar-refractivity contribution in [3.05, 3.63) is 95.6 Å². The van der Waals surface area contributed by atoms with E-state index in [2.05, 4.69) is 23.5 Å². The van der Waals surface area contributed by atoms with Gasteiger partial charge in [0.05, 0.1) is 11.6 Å². The van der Waals surface area contributed by atoms with Gasteiger partial charge in [-0.3, -0.25) is 4.79 Å². The number of carboxylic acid groups (broad SMARTS) is 1. The summed E-state index contributed by atoms with van der Waals surface area (Å²) in [6.45, 7) is 0.695. The fourth-order valence-corrected chi connectivity index (χ4v) is 4.82. The summed E-state index contributed by atoms with van der Waals surface area (Å²) in [5.74, 6) is -0.287. The smallest absolute Gasteiger partial charge is 0.335 e. The minimum Gasteiger partial charge on any atom is -0.478 e. The minimum absolute atomic E-state index is 0.0245. The van der Waals surface area contributed by atoms with Crippen LogP contribution in [-0.4, -0.2) is 23.5 Å². The van der Waals surface area contributed by atoms with Crippen LogP contribution in [0.1, 0.15) is 53.2 Å². The SMILES string of the molecule is NCC1CCC(C(=O)NC(Cc2ccccc2)c2cccc(-c3cccc(C(=O)O)c3)c2)CC1. The second-order valence-corrected chi connectivity index (χ2v) is 9.22. The Labute approximate surface area is 201 Å². The highest BCUT2D eigenvalue weighted by Gasteiger charge is 2.27. The lowest BCUT2D eigenvalue weighted by Crippen LogP contribution is -2.37. The predicted octanol–water partition coefficient (Wildman–Crippen LogP) is 5.22.